The highest BCUT2D eigenvalue weighted by Gasteiger charge is 2.52. The third-order valence-corrected chi connectivity index (χ3v) is 8.00. The maximum absolute atomic E-state index is 13.8. The second-order valence-corrected chi connectivity index (χ2v) is 11.8. The van der Waals surface area contributed by atoms with Crippen LogP contribution in [0, 0.1) is 5.92 Å². The first kappa shape index (κ1) is 29.8. The van der Waals surface area contributed by atoms with E-state index >= 15 is 0 Å². The molecule has 9 heteroatoms. The highest BCUT2D eigenvalue weighted by Crippen LogP contribution is 2.32. The summed E-state index contributed by atoms with van der Waals surface area (Å²) in [4.78, 5) is 58.8. The van der Waals surface area contributed by atoms with Crippen LogP contribution in [0.25, 0.3) is 0 Å². The van der Waals surface area contributed by atoms with E-state index in [2.05, 4.69) is 5.32 Å². The van der Waals surface area contributed by atoms with Gasteiger partial charge in [0, 0.05) is 37.5 Å². The van der Waals surface area contributed by atoms with Crippen molar-refractivity contribution >= 4 is 29.2 Å². The Hall–Kier alpha value is -4.66. The molecule has 1 N–H and O–H groups in total. The zero-order valence-corrected chi connectivity index (χ0v) is 25.0. The van der Waals surface area contributed by atoms with Gasteiger partial charge in [0.15, 0.2) is 5.78 Å². The molecule has 5 rings (SSSR count). The Morgan fingerprint density at radius 1 is 0.884 bits per heavy atom. The van der Waals surface area contributed by atoms with E-state index in [1.807, 2.05) is 75.3 Å². The van der Waals surface area contributed by atoms with Crippen LogP contribution in [-0.2, 0) is 9.59 Å². The Kier molecular flexibility index (Phi) is 8.80. The molecule has 43 heavy (non-hydrogen) atoms. The standard InChI is InChI=1S/C34H38N4O5/c1-22(2)20-28(35-32(40)23-10-14-25(15-11-23)36(3)4)34(42)37-19-18-29-31(37)30(39)21-38(29)33(41)24-12-16-27(17-13-24)43-26-8-6-5-7-9-26/h5-17,22,28-29,31H,18-21H2,1-4H3,(H,35,40). The molecule has 0 aliphatic carbocycles. The van der Waals surface area contributed by atoms with E-state index in [1.165, 1.54) is 0 Å². The molecule has 2 aliphatic heterocycles. The van der Waals surface area contributed by atoms with Crippen molar-refractivity contribution in [1.29, 1.82) is 0 Å². The van der Waals surface area contributed by atoms with E-state index in [-0.39, 0.29) is 36.0 Å². The fourth-order valence-corrected chi connectivity index (χ4v) is 5.84. The molecule has 3 aromatic carbocycles. The summed E-state index contributed by atoms with van der Waals surface area (Å²) in [7, 11) is 3.85. The number of ether oxygens (including phenoxy) is 1. The van der Waals surface area contributed by atoms with Crippen molar-refractivity contribution < 1.29 is 23.9 Å². The predicted octanol–water partition coefficient (Wildman–Crippen LogP) is 4.38. The number of nitrogens with one attached hydrogen (secondary N) is 1. The molecule has 2 fully saturated rings. The molecule has 0 spiro atoms. The second-order valence-electron chi connectivity index (χ2n) is 11.8. The topological polar surface area (TPSA) is 99.3 Å². The van der Waals surface area contributed by atoms with Gasteiger partial charge in [0.2, 0.25) is 5.91 Å². The number of Topliss-reactive ketones (excluding diaryl/α,β-unsaturated/α-hetero) is 1. The molecule has 2 saturated heterocycles. The van der Waals surface area contributed by atoms with Crippen molar-refractivity contribution in [2.75, 3.05) is 32.1 Å². The molecule has 2 heterocycles. The van der Waals surface area contributed by atoms with Crippen LogP contribution in [0.15, 0.2) is 78.9 Å². The number of anilines is 1. The first-order valence-corrected chi connectivity index (χ1v) is 14.7. The Balaban J connectivity index is 1.27. The van der Waals surface area contributed by atoms with Gasteiger partial charge in [0.05, 0.1) is 12.6 Å². The monoisotopic (exact) mass is 582 g/mol. The summed E-state index contributed by atoms with van der Waals surface area (Å²) in [5, 5.41) is 2.92. The van der Waals surface area contributed by atoms with E-state index in [0.717, 1.165) is 5.69 Å². The van der Waals surface area contributed by atoms with Gasteiger partial charge in [0.25, 0.3) is 11.8 Å². The zero-order chi connectivity index (χ0) is 30.7. The highest BCUT2D eigenvalue weighted by atomic mass is 16.5. The van der Waals surface area contributed by atoms with Gasteiger partial charge in [-0.05, 0) is 79.4 Å². The van der Waals surface area contributed by atoms with E-state index < -0.39 is 18.1 Å². The van der Waals surface area contributed by atoms with Crippen LogP contribution < -0.4 is 15.0 Å². The zero-order valence-electron chi connectivity index (χ0n) is 25.0. The summed E-state index contributed by atoms with van der Waals surface area (Å²) in [6, 6.07) is 21.5. The second kappa shape index (κ2) is 12.7. The number of hydrogen-bond acceptors (Lipinski definition) is 6. The number of benzene rings is 3. The minimum atomic E-state index is -0.783. The van der Waals surface area contributed by atoms with E-state index in [1.54, 1.807) is 46.2 Å². The van der Waals surface area contributed by atoms with Crippen LogP contribution >= 0.6 is 0 Å². The molecule has 2 aliphatic rings. The Bertz CT molecular complexity index is 1470. The molecular formula is C34H38N4O5. The number of rotatable bonds is 9. The van der Waals surface area contributed by atoms with Crippen molar-refractivity contribution in [3.05, 3.63) is 90.0 Å². The molecular weight excluding hydrogens is 544 g/mol. The van der Waals surface area contributed by atoms with E-state index in [0.29, 0.717) is 42.0 Å². The van der Waals surface area contributed by atoms with Crippen molar-refractivity contribution in [2.24, 2.45) is 5.92 Å². The molecule has 0 radical (unpaired) electrons. The third kappa shape index (κ3) is 6.56. The summed E-state index contributed by atoms with van der Waals surface area (Å²) in [6.07, 6.45) is 0.930. The maximum atomic E-state index is 13.8. The third-order valence-electron chi connectivity index (χ3n) is 8.00. The Morgan fingerprint density at radius 2 is 1.51 bits per heavy atom. The lowest BCUT2D eigenvalue weighted by molar-refractivity contribution is -0.138. The van der Waals surface area contributed by atoms with Crippen LogP contribution in [0.2, 0.25) is 0 Å². The summed E-state index contributed by atoms with van der Waals surface area (Å²) in [5.41, 5.74) is 1.87. The van der Waals surface area contributed by atoms with Crippen molar-refractivity contribution in [2.45, 2.75) is 44.8 Å². The SMILES string of the molecule is CC(C)CC(NC(=O)c1ccc(N(C)C)cc1)C(=O)N1CCC2C1C(=O)CN2C(=O)c1ccc(Oc2ccccc2)cc1. The molecule has 3 atom stereocenters. The summed E-state index contributed by atoms with van der Waals surface area (Å²) in [5.74, 6) is 0.382. The number of para-hydroxylation sites is 1. The van der Waals surface area contributed by atoms with Gasteiger partial charge in [0.1, 0.15) is 23.6 Å². The highest BCUT2D eigenvalue weighted by molar-refractivity contribution is 6.03. The van der Waals surface area contributed by atoms with Gasteiger partial charge in [-0.2, -0.15) is 0 Å². The van der Waals surface area contributed by atoms with E-state index in [9.17, 15) is 19.2 Å². The minimum absolute atomic E-state index is 0.0559. The fourth-order valence-electron chi connectivity index (χ4n) is 5.84. The molecule has 3 unspecified atom stereocenters. The van der Waals surface area contributed by atoms with Gasteiger partial charge < -0.3 is 24.8 Å². The minimum Gasteiger partial charge on any atom is -0.457 e. The fraction of sp³-hybridized carbons (Fsp3) is 0.353. The summed E-state index contributed by atoms with van der Waals surface area (Å²) >= 11 is 0. The van der Waals surface area contributed by atoms with Crippen LogP contribution in [-0.4, -0.2) is 78.6 Å². The van der Waals surface area contributed by atoms with Crippen molar-refractivity contribution in [1.82, 2.24) is 15.1 Å². The quantitative estimate of drug-likeness (QED) is 0.402. The van der Waals surface area contributed by atoms with Gasteiger partial charge in [-0.15, -0.1) is 0 Å². The Morgan fingerprint density at radius 3 is 2.14 bits per heavy atom. The van der Waals surface area contributed by atoms with Gasteiger partial charge in [-0.25, -0.2) is 0 Å². The summed E-state index contributed by atoms with van der Waals surface area (Å²) in [6.45, 7) is 4.26. The molecule has 9 nitrogen and oxygen atoms in total. The average Bonchev–Trinajstić information content (AvgIpc) is 3.58. The van der Waals surface area contributed by atoms with Crippen LogP contribution in [0.3, 0.4) is 0 Å². The number of amides is 3. The molecule has 0 bridgehead atoms. The maximum Gasteiger partial charge on any atom is 0.254 e. The lowest BCUT2D eigenvalue weighted by atomic mass is 10.0. The number of carbonyl (C=O) groups excluding carboxylic acids is 4. The van der Waals surface area contributed by atoms with Crippen molar-refractivity contribution in [3.63, 3.8) is 0 Å². The van der Waals surface area contributed by atoms with Crippen LogP contribution in [0.4, 0.5) is 5.69 Å². The number of ketones is 1. The number of likely N-dealkylation sites (tertiary alicyclic amines) is 2. The molecule has 0 saturated carbocycles. The number of nitrogens with zero attached hydrogens (tertiary/aromatic N) is 3. The predicted molar refractivity (Wildman–Crippen MR) is 164 cm³/mol. The Labute approximate surface area is 252 Å². The number of fused-ring (bicyclic) bond motifs is 1. The lowest BCUT2D eigenvalue weighted by Crippen LogP contribution is -2.53. The average molecular weight is 583 g/mol. The lowest BCUT2D eigenvalue weighted by Gasteiger charge is -2.29. The van der Waals surface area contributed by atoms with Crippen molar-refractivity contribution in [3.8, 4) is 11.5 Å². The molecule has 224 valence electrons. The van der Waals surface area contributed by atoms with Gasteiger partial charge >= 0.3 is 0 Å². The first-order chi connectivity index (χ1) is 20.6. The summed E-state index contributed by atoms with van der Waals surface area (Å²) < 4.78 is 5.83. The number of hydrogen-bond donors (Lipinski definition) is 1. The van der Waals surface area contributed by atoms with Gasteiger partial charge in [-0.3, -0.25) is 19.2 Å². The van der Waals surface area contributed by atoms with E-state index in [4.69, 9.17) is 4.74 Å². The van der Waals surface area contributed by atoms with Gasteiger partial charge in [-0.1, -0.05) is 32.0 Å². The number of carbonyl (C=O) groups is 4. The largest absolute Gasteiger partial charge is 0.457 e. The first-order valence-electron chi connectivity index (χ1n) is 14.7. The van der Waals surface area contributed by atoms with Crippen LogP contribution in [0.5, 0.6) is 11.5 Å². The molecule has 0 aromatic heterocycles. The molecule has 3 aromatic rings. The van der Waals surface area contributed by atoms with Crippen LogP contribution in [0.1, 0.15) is 47.4 Å². The smallest absolute Gasteiger partial charge is 0.254 e. The normalized spacial score (nSPS) is 18.4. The molecule has 3 amide bonds.